The third-order valence-corrected chi connectivity index (χ3v) is 5.98. The summed E-state index contributed by atoms with van der Waals surface area (Å²) in [6.07, 6.45) is 0.554. The zero-order valence-corrected chi connectivity index (χ0v) is 17.9. The van der Waals surface area contributed by atoms with E-state index < -0.39 is 11.9 Å². The Kier molecular flexibility index (Phi) is 4.88. The molecule has 5 rings (SSSR count). The van der Waals surface area contributed by atoms with E-state index >= 15 is 0 Å². The summed E-state index contributed by atoms with van der Waals surface area (Å²) in [6, 6.07) is 5.67. The molecule has 10 heteroatoms. The SMILES string of the molecule is Cc1c(N2CCc3ncc(-c4ccc(C(F)(F)F)nc4)cc3C2)nn2c(=O)ccnc2c1C. The van der Waals surface area contributed by atoms with Crippen molar-refractivity contribution < 1.29 is 13.2 Å². The second kappa shape index (κ2) is 7.65. The standard InChI is InChI=1S/C23H19F3N6O/c1-13-14(2)22(30-32-20(33)5-7-27-21(13)32)31-8-6-18-17(12-31)9-16(11-28-18)15-3-4-19(29-10-15)23(24,25)26/h3-5,7,9-11H,6,8,12H2,1-2H3. The van der Waals surface area contributed by atoms with Crippen molar-refractivity contribution in [1.29, 1.82) is 0 Å². The van der Waals surface area contributed by atoms with Gasteiger partial charge in [0.25, 0.3) is 5.56 Å². The normalized spacial score (nSPS) is 13.9. The van der Waals surface area contributed by atoms with Gasteiger partial charge in [0.2, 0.25) is 0 Å². The predicted octanol–water partition coefficient (Wildman–Crippen LogP) is 3.74. The van der Waals surface area contributed by atoms with E-state index in [1.54, 1.807) is 6.20 Å². The van der Waals surface area contributed by atoms with Crippen molar-refractivity contribution in [1.82, 2.24) is 24.6 Å². The lowest BCUT2D eigenvalue weighted by molar-refractivity contribution is -0.141. The van der Waals surface area contributed by atoms with Crippen LogP contribution in [0.5, 0.6) is 0 Å². The van der Waals surface area contributed by atoms with Gasteiger partial charge in [-0.1, -0.05) is 6.07 Å². The summed E-state index contributed by atoms with van der Waals surface area (Å²) in [7, 11) is 0. The van der Waals surface area contributed by atoms with E-state index in [0.717, 1.165) is 28.5 Å². The Morgan fingerprint density at radius 2 is 1.76 bits per heavy atom. The lowest BCUT2D eigenvalue weighted by atomic mass is 10.0. The molecule has 1 aliphatic rings. The van der Waals surface area contributed by atoms with Crippen LogP contribution in [0.15, 0.2) is 47.7 Å². The molecule has 4 aromatic rings. The first-order chi connectivity index (χ1) is 15.7. The quantitative estimate of drug-likeness (QED) is 0.461. The molecule has 0 radical (unpaired) electrons. The largest absolute Gasteiger partial charge is 0.433 e. The number of aryl methyl sites for hydroxylation is 1. The maximum absolute atomic E-state index is 12.8. The second-order valence-corrected chi connectivity index (χ2v) is 8.02. The van der Waals surface area contributed by atoms with Gasteiger partial charge in [-0.15, -0.1) is 5.10 Å². The zero-order valence-electron chi connectivity index (χ0n) is 17.9. The molecule has 0 fully saturated rings. The number of pyridine rings is 2. The minimum Gasteiger partial charge on any atom is -0.350 e. The molecule has 0 saturated heterocycles. The van der Waals surface area contributed by atoms with Crippen molar-refractivity contribution in [3.63, 3.8) is 0 Å². The number of hydrogen-bond acceptors (Lipinski definition) is 6. The summed E-state index contributed by atoms with van der Waals surface area (Å²) in [5, 5.41) is 4.58. The van der Waals surface area contributed by atoms with E-state index in [-0.39, 0.29) is 5.56 Å². The summed E-state index contributed by atoms with van der Waals surface area (Å²) in [4.78, 5) is 26.8. The summed E-state index contributed by atoms with van der Waals surface area (Å²) < 4.78 is 39.8. The maximum Gasteiger partial charge on any atom is 0.433 e. The minimum atomic E-state index is -4.48. The fraction of sp³-hybridized carbons (Fsp3) is 0.261. The molecule has 0 aromatic carbocycles. The molecule has 168 valence electrons. The van der Waals surface area contributed by atoms with Crippen LogP contribution in [0.2, 0.25) is 0 Å². The third-order valence-electron chi connectivity index (χ3n) is 5.98. The van der Waals surface area contributed by atoms with Crippen LogP contribution in [0.3, 0.4) is 0 Å². The lowest BCUT2D eigenvalue weighted by Crippen LogP contribution is -2.33. The van der Waals surface area contributed by atoms with Gasteiger partial charge in [0.1, 0.15) is 5.69 Å². The Bertz CT molecular complexity index is 1430. The van der Waals surface area contributed by atoms with Gasteiger partial charge in [-0.25, -0.2) is 4.98 Å². The van der Waals surface area contributed by atoms with Crippen molar-refractivity contribution in [2.45, 2.75) is 33.0 Å². The topological polar surface area (TPSA) is 76.3 Å². The van der Waals surface area contributed by atoms with E-state index in [2.05, 4.69) is 25.0 Å². The smallest absolute Gasteiger partial charge is 0.350 e. The van der Waals surface area contributed by atoms with Crippen LogP contribution in [-0.4, -0.2) is 31.1 Å². The Hall–Kier alpha value is -3.82. The van der Waals surface area contributed by atoms with Crippen molar-refractivity contribution in [2.24, 2.45) is 0 Å². The van der Waals surface area contributed by atoms with Crippen LogP contribution in [0.1, 0.15) is 28.1 Å². The molecule has 0 spiro atoms. The third kappa shape index (κ3) is 3.71. The van der Waals surface area contributed by atoms with Crippen LogP contribution in [0.4, 0.5) is 19.0 Å². The maximum atomic E-state index is 12.8. The van der Waals surface area contributed by atoms with Gasteiger partial charge >= 0.3 is 6.18 Å². The van der Waals surface area contributed by atoms with Crippen LogP contribution in [0, 0.1) is 13.8 Å². The van der Waals surface area contributed by atoms with E-state index in [4.69, 9.17) is 0 Å². The van der Waals surface area contributed by atoms with Crippen LogP contribution < -0.4 is 10.5 Å². The number of nitrogens with zero attached hydrogens (tertiary/aromatic N) is 6. The van der Waals surface area contributed by atoms with Crippen molar-refractivity contribution in [3.05, 3.63) is 81.3 Å². The highest BCUT2D eigenvalue weighted by Crippen LogP contribution is 2.31. The fourth-order valence-corrected chi connectivity index (χ4v) is 4.06. The highest BCUT2D eigenvalue weighted by molar-refractivity contribution is 5.64. The van der Waals surface area contributed by atoms with Gasteiger partial charge in [-0.3, -0.25) is 14.8 Å². The summed E-state index contributed by atoms with van der Waals surface area (Å²) in [5.74, 6) is 0.697. The summed E-state index contributed by atoms with van der Waals surface area (Å²) in [6.45, 7) is 5.05. The average Bonchev–Trinajstić information content (AvgIpc) is 2.80. The van der Waals surface area contributed by atoms with Gasteiger partial charge in [0.15, 0.2) is 11.5 Å². The molecular weight excluding hydrogens is 433 g/mol. The Balaban J connectivity index is 1.50. The van der Waals surface area contributed by atoms with Gasteiger partial charge in [-0.2, -0.15) is 17.7 Å². The second-order valence-electron chi connectivity index (χ2n) is 8.02. The molecule has 0 aliphatic carbocycles. The Labute approximate surface area is 186 Å². The Morgan fingerprint density at radius 3 is 2.48 bits per heavy atom. The summed E-state index contributed by atoms with van der Waals surface area (Å²) >= 11 is 0. The molecule has 0 bridgehead atoms. The average molecular weight is 452 g/mol. The molecular formula is C23H19F3N6O. The molecule has 0 unspecified atom stereocenters. The molecule has 0 atom stereocenters. The molecule has 1 aliphatic heterocycles. The van der Waals surface area contributed by atoms with Crippen LogP contribution in [0.25, 0.3) is 16.8 Å². The number of rotatable bonds is 2. The first-order valence-corrected chi connectivity index (χ1v) is 10.3. The van der Waals surface area contributed by atoms with Gasteiger partial charge in [0.05, 0.1) is 0 Å². The van der Waals surface area contributed by atoms with Gasteiger partial charge in [0, 0.05) is 72.1 Å². The molecule has 5 heterocycles. The predicted molar refractivity (Wildman–Crippen MR) is 116 cm³/mol. The van der Waals surface area contributed by atoms with Crippen molar-refractivity contribution in [3.8, 4) is 11.1 Å². The number of fused-ring (bicyclic) bond motifs is 2. The first kappa shape index (κ1) is 21.0. The van der Waals surface area contributed by atoms with Gasteiger partial charge < -0.3 is 4.90 Å². The van der Waals surface area contributed by atoms with E-state index in [1.807, 2.05) is 19.9 Å². The number of anilines is 1. The van der Waals surface area contributed by atoms with Crippen molar-refractivity contribution in [2.75, 3.05) is 11.4 Å². The van der Waals surface area contributed by atoms with Crippen LogP contribution in [-0.2, 0) is 19.1 Å². The molecule has 0 N–H and O–H groups in total. The molecule has 33 heavy (non-hydrogen) atoms. The number of aromatic nitrogens is 5. The van der Waals surface area contributed by atoms with Gasteiger partial charge in [-0.05, 0) is 31.5 Å². The monoisotopic (exact) mass is 452 g/mol. The number of halogens is 3. The highest BCUT2D eigenvalue weighted by Gasteiger charge is 2.32. The molecule has 0 saturated carbocycles. The number of alkyl halides is 3. The molecule has 7 nitrogen and oxygen atoms in total. The van der Waals surface area contributed by atoms with Crippen LogP contribution >= 0.6 is 0 Å². The first-order valence-electron chi connectivity index (χ1n) is 10.3. The van der Waals surface area contributed by atoms with E-state index in [1.165, 1.54) is 29.0 Å². The lowest BCUT2D eigenvalue weighted by Gasteiger charge is -2.31. The van der Waals surface area contributed by atoms with E-state index in [9.17, 15) is 18.0 Å². The highest BCUT2D eigenvalue weighted by atomic mass is 19.4. The van der Waals surface area contributed by atoms with Crippen molar-refractivity contribution >= 4 is 11.5 Å². The molecule has 4 aromatic heterocycles. The van der Waals surface area contributed by atoms with E-state index in [0.29, 0.717) is 42.1 Å². The summed E-state index contributed by atoms with van der Waals surface area (Å²) in [5.41, 5.74) is 4.31. The minimum absolute atomic E-state index is 0.250. The molecule has 0 amide bonds. The number of hydrogen-bond donors (Lipinski definition) is 0. The zero-order chi connectivity index (χ0) is 23.3. The fourth-order valence-electron chi connectivity index (χ4n) is 4.06. The Morgan fingerprint density at radius 1 is 0.970 bits per heavy atom.